The molecule has 0 aliphatic carbocycles. The highest BCUT2D eigenvalue weighted by molar-refractivity contribution is 6.06. The van der Waals surface area contributed by atoms with Gasteiger partial charge < -0.3 is 15.5 Å². The molecule has 29 heavy (non-hydrogen) atoms. The molecule has 0 saturated carbocycles. The van der Waals surface area contributed by atoms with Crippen LogP contribution in [0, 0.1) is 0 Å². The van der Waals surface area contributed by atoms with Crippen LogP contribution in [0.25, 0.3) is 0 Å². The predicted octanol–water partition coefficient (Wildman–Crippen LogP) is 4.57. The summed E-state index contributed by atoms with van der Waals surface area (Å²) in [5, 5.41) is 5.80. The lowest BCUT2D eigenvalue weighted by molar-refractivity contribution is 0.102. The molecule has 1 heterocycles. The van der Waals surface area contributed by atoms with Crippen LogP contribution in [0.15, 0.2) is 72.8 Å². The van der Waals surface area contributed by atoms with Crippen molar-refractivity contribution < 1.29 is 9.59 Å². The Morgan fingerprint density at radius 3 is 2.14 bits per heavy atom. The SMILES string of the molecule is CCN1CCc2ccc(NC(=O)c3ccc(NC(=O)c4ccccc4)cc3)cc21. The molecule has 2 N–H and O–H groups in total. The molecule has 0 bridgehead atoms. The number of fused-ring (bicyclic) bond motifs is 1. The highest BCUT2D eigenvalue weighted by atomic mass is 16.2. The average molecular weight is 385 g/mol. The van der Waals surface area contributed by atoms with Gasteiger partial charge in [-0.1, -0.05) is 24.3 Å². The van der Waals surface area contributed by atoms with Gasteiger partial charge in [-0.3, -0.25) is 9.59 Å². The summed E-state index contributed by atoms with van der Waals surface area (Å²) in [5.74, 6) is -0.353. The van der Waals surface area contributed by atoms with Crippen molar-refractivity contribution in [2.75, 3.05) is 28.6 Å². The molecule has 146 valence electrons. The van der Waals surface area contributed by atoms with Gasteiger partial charge in [0.15, 0.2) is 0 Å². The quantitative estimate of drug-likeness (QED) is 0.676. The molecule has 4 rings (SSSR count). The number of carbonyl (C=O) groups excluding carboxylic acids is 2. The van der Waals surface area contributed by atoms with Gasteiger partial charge in [0.25, 0.3) is 11.8 Å². The van der Waals surface area contributed by atoms with Gasteiger partial charge in [-0.2, -0.15) is 0 Å². The summed E-state index contributed by atoms with van der Waals surface area (Å²) in [4.78, 5) is 27.1. The highest BCUT2D eigenvalue weighted by Crippen LogP contribution is 2.30. The normalized spacial score (nSPS) is 12.4. The minimum absolute atomic E-state index is 0.174. The van der Waals surface area contributed by atoms with Crippen LogP contribution in [0.1, 0.15) is 33.2 Å². The molecule has 2 amide bonds. The fourth-order valence-corrected chi connectivity index (χ4v) is 3.55. The van der Waals surface area contributed by atoms with Gasteiger partial charge in [-0.25, -0.2) is 0 Å². The lowest BCUT2D eigenvalue weighted by Crippen LogP contribution is -2.19. The van der Waals surface area contributed by atoms with Gasteiger partial charge in [-0.15, -0.1) is 0 Å². The monoisotopic (exact) mass is 385 g/mol. The summed E-state index contributed by atoms with van der Waals surface area (Å²) in [5.41, 5.74) is 5.08. The maximum atomic E-state index is 12.6. The predicted molar refractivity (Wildman–Crippen MR) is 117 cm³/mol. The second kappa shape index (κ2) is 8.19. The van der Waals surface area contributed by atoms with Crippen LogP contribution >= 0.6 is 0 Å². The average Bonchev–Trinajstić information content (AvgIpc) is 3.17. The van der Waals surface area contributed by atoms with E-state index in [4.69, 9.17) is 0 Å². The molecule has 0 spiro atoms. The van der Waals surface area contributed by atoms with E-state index in [1.165, 1.54) is 11.3 Å². The molecular formula is C24H23N3O2. The summed E-state index contributed by atoms with van der Waals surface area (Å²) in [6.07, 6.45) is 1.05. The van der Waals surface area contributed by atoms with E-state index in [0.29, 0.717) is 16.8 Å². The third kappa shape index (κ3) is 4.14. The molecule has 5 heteroatoms. The van der Waals surface area contributed by atoms with E-state index >= 15 is 0 Å². The van der Waals surface area contributed by atoms with E-state index in [9.17, 15) is 9.59 Å². The lowest BCUT2D eigenvalue weighted by atomic mass is 10.1. The Labute approximate surface area is 170 Å². The molecule has 3 aromatic rings. The number of amides is 2. The minimum Gasteiger partial charge on any atom is -0.371 e. The van der Waals surface area contributed by atoms with E-state index in [1.54, 1.807) is 36.4 Å². The zero-order valence-electron chi connectivity index (χ0n) is 16.3. The Morgan fingerprint density at radius 1 is 0.828 bits per heavy atom. The third-order valence-electron chi connectivity index (χ3n) is 5.16. The number of likely N-dealkylation sites (N-methyl/N-ethyl adjacent to an activating group) is 1. The zero-order chi connectivity index (χ0) is 20.2. The van der Waals surface area contributed by atoms with Crippen molar-refractivity contribution in [3.05, 3.63) is 89.5 Å². The van der Waals surface area contributed by atoms with E-state index in [2.05, 4.69) is 28.5 Å². The fraction of sp³-hybridized carbons (Fsp3) is 0.167. The second-order valence-electron chi connectivity index (χ2n) is 7.02. The van der Waals surface area contributed by atoms with Crippen LogP contribution in [0.4, 0.5) is 17.1 Å². The number of benzene rings is 3. The number of nitrogens with zero attached hydrogens (tertiary/aromatic N) is 1. The maximum Gasteiger partial charge on any atom is 0.255 e. The summed E-state index contributed by atoms with van der Waals surface area (Å²) in [6.45, 7) is 4.12. The Hall–Kier alpha value is -3.60. The Balaban J connectivity index is 1.42. The molecule has 0 unspecified atom stereocenters. The minimum atomic E-state index is -0.179. The second-order valence-corrected chi connectivity index (χ2v) is 7.02. The van der Waals surface area contributed by atoms with Crippen LogP contribution in [0.5, 0.6) is 0 Å². The number of carbonyl (C=O) groups is 2. The number of hydrogen-bond acceptors (Lipinski definition) is 3. The van der Waals surface area contributed by atoms with Crippen LogP contribution in [-0.2, 0) is 6.42 Å². The molecule has 3 aromatic carbocycles. The highest BCUT2D eigenvalue weighted by Gasteiger charge is 2.18. The standard InChI is InChI=1S/C24H23N3O2/c1-2-27-15-14-17-8-13-21(16-22(17)27)26-24(29)19-9-11-20(12-10-19)25-23(28)18-6-4-3-5-7-18/h3-13,16H,2,14-15H2,1H3,(H,25,28)(H,26,29). The lowest BCUT2D eigenvalue weighted by Gasteiger charge is -2.17. The first-order valence-electron chi connectivity index (χ1n) is 9.80. The van der Waals surface area contributed by atoms with Crippen molar-refractivity contribution in [3.8, 4) is 0 Å². The summed E-state index contributed by atoms with van der Waals surface area (Å²) in [7, 11) is 0. The first kappa shape index (κ1) is 18.7. The maximum absolute atomic E-state index is 12.6. The van der Waals surface area contributed by atoms with Crippen LogP contribution in [-0.4, -0.2) is 24.9 Å². The van der Waals surface area contributed by atoms with Crippen molar-refractivity contribution in [2.45, 2.75) is 13.3 Å². The van der Waals surface area contributed by atoms with Gasteiger partial charge >= 0.3 is 0 Å². The molecule has 0 fully saturated rings. The van der Waals surface area contributed by atoms with Crippen molar-refractivity contribution in [2.24, 2.45) is 0 Å². The zero-order valence-corrected chi connectivity index (χ0v) is 16.3. The Bertz CT molecular complexity index is 1030. The third-order valence-corrected chi connectivity index (χ3v) is 5.16. The number of hydrogen-bond donors (Lipinski definition) is 2. The van der Waals surface area contributed by atoms with Gasteiger partial charge in [0.2, 0.25) is 0 Å². The van der Waals surface area contributed by atoms with Crippen molar-refractivity contribution >= 4 is 28.9 Å². The fourth-order valence-electron chi connectivity index (χ4n) is 3.55. The van der Waals surface area contributed by atoms with Crippen LogP contribution in [0.3, 0.4) is 0 Å². The Kier molecular flexibility index (Phi) is 5.29. The molecule has 5 nitrogen and oxygen atoms in total. The van der Waals surface area contributed by atoms with E-state index in [0.717, 1.165) is 25.2 Å². The topological polar surface area (TPSA) is 61.4 Å². The smallest absolute Gasteiger partial charge is 0.255 e. The van der Waals surface area contributed by atoms with E-state index in [1.807, 2.05) is 30.3 Å². The molecule has 0 aromatic heterocycles. The molecule has 0 saturated heterocycles. The first-order chi connectivity index (χ1) is 14.1. The molecule has 1 aliphatic heterocycles. The van der Waals surface area contributed by atoms with Gasteiger partial charge in [0, 0.05) is 41.3 Å². The largest absolute Gasteiger partial charge is 0.371 e. The molecule has 1 aliphatic rings. The van der Waals surface area contributed by atoms with Gasteiger partial charge in [0.1, 0.15) is 0 Å². The van der Waals surface area contributed by atoms with Crippen LogP contribution < -0.4 is 15.5 Å². The van der Waals surface area contributed by atoms with E-state index < -0.39 is 0 Å². The van der Waals surface area contributed by atoms with Crippen molar-refractivity contribution in [3.63, 3.8) is 0 Å². The summed E-state index contributed by atoms with van der Waals surface area (Å²) in [6, 6.07) is 22.0. The van der Waals surface area contributed by atoms with Crippen molar-refractivity contribution in [1.82, 2.24) is 0 Å². The van der Waals surface area contributed by atoms with Crippen LogP contribution in [0.2, 0.25) is 0 Å². The van der Waals surface area contributed by atoms with Gasteiger partial charge in [0.05, 0.1) is 0 Å². The molecule has 0 atom stereocenters. The first-order valence-corrected chi connectivity index (χ1v) is 9.80. The number of anilines is 3. The number of rotatable bonds is 5. The van der Waals surface area contributed by atoms with E-state index in [-0.39, 0.29) is 11.8 Å². The van der Waals surface area contributed by atoms with Gasteiger partial charge in [-0.05, 0) is 67.4 Å². The summed E-state index contributed by atoms with van der Waals surface area (Å²) >= 11 is 0. The summed E-state index contributed by atoms with van der Waals surface area (Å²) < 4.78 is 0. The number of nitrogens with one attached hydrogen (secondary N) is 2. The molecule has 0 radical (unpaired) electrons. The molecular weight excluding hydrogens is 362 g/mol. The van der Waals surface area contributed by atoms with Crippen molar-refractivity contribution in [1.29, 1.82) is 0 Å². The Morgan fingerprint density at radius 2 is 1.45 bits per heavy atom.